The number of benzene rings is 2. The van der Waals surface area contributed by atoms with Gasteiger partial charge in [-0.15, -0.1) is 11.3 Å². The number of aromatic amines is 1. The fourth-order valence-electron chi connectivity index (χ4n) is 5.05. The number of aromatic nitrogens is 3. The van der Waals surface area contributed by atoms with Gasteiger partial charge in [0.1, 0.15) is 18.1 Å². The molecule has 7 rings (SSSR count). The molecule has 1 aliphatic carbocycles. The Morgan fingerprint density at radius 2 is 1.88 bits per heavy atom. The number of carbonyl (C=O) groups excluding carboxylic acids is 2. The number of imidazole rings is 1. The Morgan fingerprint density at radius 3 is 2.69 bits per heavy atom. The smallest absolute Gasteiger partial charge is 0.355 e. The number of nitrogens with zero attached hydrogens (tertiary/aromatic N) is 2. The Bertz CT molecular complexity index is 1920. The zero-order chi connectivity index (χ0) is 29.0. The largest absolute Gasteiger partial charge is 0.488 e. The number of ether oxygens (including phenoxy) is 1. The zero-order valence-corrected chi connectivity index (χ0v) is 22.9. The highest BCUT2D eigenvalue weighted by atomic mass is 32.1. The molecule has 2 aliphatic rings. The van der Waals surface area contributed by atoms with Gasteiger partial charge in [-0.1, -0.05) is 0 Å². The van der Waals surface area contributed by atoms with Crippen LogP contribution in [0.2, 0.25) is 0 Å². The molecule has 1 fully saturated rings. The van der Waals surface area contributed by atoms with E-state index in [2.05, 4.69) is 25.6 Å². The van der Waals surface area contributed by atoms with Crippen LogP contribution < -0.4 is 21.1 Å². The van der Waals surface area contributed by atoms with Crippen molar-refractivity contribution >= 4 is 51.8 Å². The van der Waals surface area contributed by atoms with Gasteiger partial charge in [0.05, 0.1) is 11.0 Å². The number of hydrogen-bond donors (Lipinski definition) is 5. The third kappa shape index (κ3) is 4.71. The number of carboxylic acid groups (broad SMARTS) is 1. The molecule has 12 heteroatoms. The van der Waals surface area contributed by atoms with Crippen molar-refractivity contribution in [2.75, 3.05) is 17.6 Å². The van der Waals surface area contributed by atoms with E-state index in [-0.39, 0.29) is 28.5 Å². The fourth-order valence-corrected chi connectivity index (χ4v) is 5.98. The number of hydrogen-bond acceptors (Lipinski definition) is 8. The van der Waals surface area contributed by atoms with Gasteiger partial charge >= 0.3 is 5.97 Å². The number of pyridine rings is 1. The number of fused-ring (bicyclic) bond motifs is 4. The van der Waals surface area contributed by atoms with Gasteiger partial charge in [0.15, 0.2) is 11.6 Å². The van der Waals surface area contributed by atoms with E-state index in [0.29, 0.717) is 47.1 Å². The first-order valence-corrected chi connectivity index (χ1v) is 14.2. The van der Waals surface area contributed by atoms with Crippen molar-refractivity contribution in [2.24, 2.45) is 5.92 Å². The molecule has 0 bridgehead atoms. The van der Waals surface area contributed by atoms with Crippen molar-refractivity contribution in [3.63, 3.8) is 0 Å². The summed E-state index contributed by atoms with van der Waals surface area (Å²) in [7, 11) is 0. The van der Waals surface area contributed by atoms with E-state index in [0.717, 1.165) is 28.8 Å². The lowest BCUT2D eigenvalue weighted by Crippen LogP contribution is -2.27. The maximum absolute atomic E-state index is 13.9. The Hall–Kier alpha value is -5.23. The van der Waals surface area contributed by atoms with Gasteiger partial charge in [-0.05, 0) is 72.7 Å². The molecule has 0 atom stereocenters. The van der Waals surface area contributed by atoms with Crippen molar-refractivity contribution in [1.82, 2.24) is 20.3 Å². The minimum Gasteiger partial charge on any atom is -0.488 e. The predicted octanol–water partition coefficient (Wildman–Crippen LogP) is 4.92. The zero-order valence-electron chi connectivity index (χ0n) is 22.1. The van der Waals surface area contributed by atoms with Crippen molar-refractivity contribution in [2.45, 2.75) is 19.4 Å². The molecule has 0 spiro atoms. The molecule has 1 saturated carbocycles. The van der Waals surface area contributed by atoms with Gasteiger partial charge < -0.3 is 31.2 Å². The van der Waals surface area contributed by atoms with Crippen molar-refractivity contribution in [3.8, 4) is 27.3 Å². The average Bonchev–Trinajstić information content (AvgIpc) is 3.55. The van der Waals surface area contributed by atoms with E-state index in [1.54, 1.807) is 30.3 Å². The van der Waals surface area contributed by atoms with E-state index in [4.69, 9.17) is 10.5 Å². The van der Waals surface area contributed by atoms with Crippen LogP contribution in [0.4, 0.5) is 11.6 Å². The first-order valence-electron chi connectivity index (χ1n) is 13.3. The standard InChI is InChI=1S/C30H24N6O5S/c31-30-35-21-5-3-16(9-23(21)36-30)33-27(37)19-10-20-24(41-13-15-7-8-42-26(15)20)11-18(19)17-4-6-22(34-25(17)29(39)40)28(38)32-12-14-1-2-14/h3-11,14H,1-2,12-13H2,(H,32,38)(H,33,37)(H,39,40)(H3,31,35,36). The minimum absolute atomic E-state index is 0.00706. The van der Waals surface area contributed by atoms with Gasteiger partial charge in [-0.3, -0.25) is 9.59 Å². The topological polar surface area (TPSA) is 172 Å². The third-order valence-electron chi connectivity index (χ3n) is 7.37. The Kier molecular flexibility index (Phi) is 6.12. The second kappa shape index (κ2) is 10.00. The maximum atomic E-state index is 13.9. The summed E-state index contributed by atoms with van der Waals surface area (Å²) in [4.78, 5) is 51.3. The number of thiophene rings is 1. The molecular weight excluding hydrogens is 556 g/mol. The first kappa shape index (κ1) is 25.7. The van der Waals surface area contributed by atoms with Gasteiger partial charge in [0, 0.05) is 44.9 Å². The molecule has 0 unspecified atom stereocenters. The normalized spacial score (nSPS) is 13.6. The summed E-state index contributed by atoms with van der Waals surface area (Å²) < 4.78 is 6.02. The summed E-state index contributed by atoms with van der Waals surface area (Å²) in [6.07, 6.45) is 2.13. The molecule has 5 aromatic rings. The van der Waals surface area contributed by atoms with E-state index in [1.807, 2.05) is 11.4 Å². The van der Waals surface area contributed by atoms with Crippen LogP contribution in [0.3, 0.4) is 0 Å². The highest BCUT2D eigenvalue weighted by Gasteiger charge is 2.28. The average molecular weight is 581 g/mol. The highest BCUT2D eigenvalue weighted by molar-refractivity contribution is 7.13. The van der Waals surface area contributed by atoms with Gasteiger partial charge in [-0.2, -0.15) is 0 Å². The van der Waals surface area contributed by atoms with Crippen molar-refractivity contribution in [1.29, 1.82) is 0 Å². The number of nitrogens with two attached hydrogens (primary N) is 1. The monoisotopic (exact) mass is 580 g/mol. The molecule has 4 heterocycles. The van der Waals surface area contributed by atoms with Crippen LogP contribution in [0.1, 0.15) is 49.7 Å². The number of rotatable bonds is 7. The number of carbonyl (C=O) groups is 3. The molecule has 0 radical (unpaired) electrons. The van der Waals surface area contributed by atoms with Gasteiger partial charge in [0.2, 0.25) is 0 Å². The molecule has 0 saturated heterocycles. The lowest BCUT2D eigenvalue weighted by molar-refractivity contribution is 0.0691. The van der Waals surface area contributed by atoms with E-state index < -0.39 is 17.8 Å². The number of nitrogens with one attached hydrogen (secondary N) is 3. The van der Waals surface area contributed by atoms with Crippen LogP contribution >= 0.6 is 11.3 Å². The molecule has 210 valence electrons. The summed E-state index contributed by atoms with van der Waals surface area (Å²) in [5.41, 5.74) is 9.68. The number of nitrogen functional groups attached to an aromatic ring is 1. The van der Waals surface area contributed by atoms with Crippen LogP contribution in [0.15, 0.2) is 53.9 Å². The first-order chi connectivity index (χ1) is 20.3. The minimum atomic E-state index is -1.32. The summed E-state index contributed by atoms with van der Waals surface area (Å²) in [5, 5.41) is 17.8. The summed E-state index contributed by atoms with van der Waals surface area (Å²) in [6.45, 7) is 0.882. The Morgan fingerprint density at radius 1 is 1.02 bits per heavy atom. The molecular formula is C30H24N6O5S. The molecule has 3 aromatic heterocycles. The van der Waals surface area contributed by atoms with Gasteiger partial charge in [0.25, 0.3) is 11.8 Å². The Balaban J connectivity index is 1.32. The van der Waals surface area contributed by atoms with Crippen LogP contribution in [0, 0.1) is 5.92 Å². The summed E-state index contributed by atoms with van der Waals surface area (Å²) in [5.74, 6) is -0.994. The molecule has 1 aliphatic heterocycles. The molecule has 6 N–H and O–H groups in total. The quantitative estimate of drug-likeness (QED) is 0.180. The van der Waals surface area contributed by atoms with Crippen LogP contribution in [-0.4, -0.2) is 44.4 Å². The number of H-pyrrole nitrogens is 1. The maximum Gasteiger partial charge on any atom is 0.355 e. The predicted molar refractivity (Wildman–Crippen MR) is 158 cm³/mol. The third-order valence-corrected chi connectivity index (χ3v) is 8.36. The van der Waals surface area contributed by atoms with Crippen molar-refractivity contribution in [3.05, 3.63) is 76.4 Å². The van der Waals surface area contributed by atoms with E-state index in [9.17, 15) is 19.5 Å². The van der Waals surface area contributed by atoms with Gasteiger partial charge in [-0.25, -0.2) is 14.8 Å². The highest BCUT2D eigenvalue weighted by Crippen LogP contribution is 2.44. The van der Waals surface area contributed by atoms with Crippen LogP contribution in [-0.2, 0) is 6.61 Å². The second-order valence-corrected chi connectivity index (χ2v) is 11.2. The molecule has 42 heavy (non-hydrogen) atoms. The summed E-state index contributed by atoms with van der Waals surface area (Å²) in [6, 6.07) is 13.5. The second-order valence-electron chi connectivity index (χ2n) is 10.3. The van der Waals surface area contributed by atoms with Crippen molar-refractivity contribution < 1.29 is 24.2 Å². The van der Waals surface area contributed by atoms with Crippen LogP contribution in [0.5, 0.6) is 5.75 Å². The van der Waals surface area contributed by atoms with Crippen LogP contribution in [0.25, 0.3) is 32.6 Å². The lowest BCUT2D eigenvalue weighted by Gasteiger charge is -2.21. The molecule has 2 aromatic carbocycles. The number of aromatic carboxylic acids is 1. The molecule has 2 amide bonds. The molecule has 11 nitrogen and oxygen atoms in total. The SMILES string of the molecule is Nc1nc2ccc(NC(=O)c3cc4c(cc3-c3ccc(C(=O)NCC5CC5)nc3C(=O)O)OCc3ccsc3-4)cc2[nH]1. The lowest BCUT2D eigenvalue weighted by atomic mass is 9.92. The Labute approximate surface area is 242 Å². The number of anilines is 2. The number of amides is 2. The van der Waals surface area contributed by atoms with E-state index >= 15 is 0 Å². The summed E-state index contributed by atoms with van der Waals surface area (Å²) >= 11 is 1.54. The fraction of sp³-hybridized carbons (Fsp3) is 0.167. The van der Waals surface area contributed by atoms with E-state index in [1.165, 1.54) is 23.5 Å². The number of carboxylic acids is 1.